The average molecular weight is 967 g/mol. The number of thiol groups is 1. The highest BCUT2D eigenvalue weighted by Crippen LogP contribution is 2.73. The molecule has 0 bridgehead atoms. The van der Waals surface area contributed by atoms with Crippen molar-refractivity contribution in [1.82, 2.24) is 14.0 Å². The van der Waals surface area contributed by atoms with Crippen LogP contribution < -0.4 is 0 Å². The van der Waals surface area contributed by atoms with Gasteiger partial charge >= 0.3 is 0 Å². The molecular weight excluding hydrogens is 912 g/mol. The van der Waals surface area contributed by atoms with Crippen molar-refractivity contribution >= 4 is 85.0 Å². The Morgan fingerprint density at radius 2 is 0.458 bits per heavy atom. The summed E-state index contributed by atoms with van der Waals surface area (Å²) in [6.07, 6.45) is 0. The van der Waals surface area contributed by atoms with Gasteiger partial charge in [0.1, 0.15) is 11.1 Å². The van der Waals surface area contributed by atoms with Gasteiger partial charge in [0.15, 0.2) is 7.51 Å². The number of hydrogen-bond donors (Lipinski definition) is 1. The third kappa shape index (κ3) is 6.76. The van der Waals surface area contributed by atoms with Gasteiger partial charge in [0, 0.05) is 0 Å². The lowest BCUT2D eigenvalue weighted by molar-refractivity contribution is 0.168. The first-order valence-electron chi connectivity index (χ1n) is 24.7. The van der Waals surface area contributed by atoms with Crippen LogP contribution in [0.5, 0.6) is 0 Å². The third-order valence-electron chi connectivity index (χ3n) is 15.2. The summed E-state index contributed by atoms with van der Waals surface area (Å²) < 4.78 is 13.4. The molecule has 6 heteroatoms. The summed E-state index contributed by atoms with van der Waals surface area (Å²) in [6.45, 7) is 0. The van der Waals surface area contributed by atoms with Crippen LogP contribution in [0.15, 0.2) is 259 Å². The monoisotopic (exact) mass is 966 g/mol. The predicted octanol–water partition coefficient (Wildman–Crippen LogP) is 17.1. The van der Waals surface area contributed by atoms with E-state index in [0.717, 1.165) is 98.0 Å². The standard InChI is InChI=1S/C66H55N4PS/c1-68(2)71(67-72,69(3)4)70(65(59-41-17-29-47-23-5-11-35-53(47)59,60-42-18-30-48-24-6-12-36-54(48)60)61-43-19-31-49-25-7-13-37-55(49)61)66(62-44-20-32-50-26-8-14-38-56(50)62,63-45-21-33-51-27-9-15-39-57(51)63)64-46-22-34-52-28-10-16-40-58(52)64/h5-46,72H,1-4H3. The zero-order valence-corrected chi connectivity index (χ0v) is 42.7. The molecule has 0 heterocycles. The van der Waals surface area contributed by atoms with E-state index in [-0.39, 0.29) is 0 Å². The van der Waals surface area contributed by atoms with Crippen molar-refractivity contribution in [2.75, 3.05) is 28.2 Å². The highest BCUT2D eigenvalue weighted by molar-refractivity contribution is 7.84. The van der Waals surface area contributed by atoms with Gasteiger partial charge in [0.05, 0.1) is 0 Å². The fourth-order valence-electron chi connectivity index (χ4n) is 12.4. The molecule has 4 nitrogen and oxygen atoms in total. The van der Waals surface area contributed by atoms with Gasteiger partial charge in [-0.05, 0) is 139 Å². The molecule has 0 saturated heterocycles. The van der Waals surface area contributed by atoms with Gasteiger partial charge in [-0.3, -0.25) is 9.34 Å². The lowest BCUT2D eigenvalue weighted by Crippen LogP contribution is -2.60. The third-order valence-corrected chi connectivity index (χ3v) is 19.4. The average Bonchev–Trinajstić information content (AvgIpc) is 3.45. The Morgan fingerprint density at radius 3 is 0.639 bits per heavy atom. The van der Waals surface area contributed by atoms with E-state index in [9.17, 15) is 0 Å². The second-order valence-electron chi connectivity index (χ2n) is 19.2. The van der Waals surface area contributed by atoms with E-state index >= 15 is 0 Å². The molecular formula is C66H55N4PS. The number of benzene rings is 12. The van der Waals surface area contributed by atoms with Crippen LogP contribution in [0.4, 0.5) is 0 Å². The molecule has 0 fully saturated rings. The lowest BCUT2D eigenvalue weighted by atomic mass is 9.66. The first-order valence-corrected chi connectivity index (χ1v) is 26.7. The quantitative estimate of drug-likeness (QED) is 0.0793. The first-order chi connectivity index (χ1) is 35.3. The SMILES string of the molecule is CN(C)P(=NS)(N(C)C)N(C(c1cccc2ccccc12)(c1cccc2ccccc12)c1cccc2ccccc12)C(c1cccc2ccccc12)(c1cccc2ccccc12)c1cccc2ccccc12. The van der Waals surface area contributed by atoms with E-state index in [1.54, 1.807) is 0 Å². The molecule has 350 valence electrons. The summed E-state index contributed by atoms with van der Waals surface area (Å²) in [4.78, 5) is 0. The first kappa shape index (κ1) is 45.8. The topological polar surface area (TPSA) is 22.1 Å². The van der Waals surface area contributed by atoms with Crippen molar-refractivity contribution in [3.63, 3.8) is 0 Å². The van der Waals surface area contributed by atoms with E-state index in [1.807, 2.05) is 0 Å². The zero-order chi connectivity index (χ0) is 49.0. The Morgan fingerprint density at radius 1 is 0.278 bits per heavy atom. The van der Waals surface area contributed by atoms with Gasteiger partial charge in [-0.15, -0.1) is 0 Å². The molecule has 0 aromatic heterocycles. The van der Waals surface area contributed by atoms with Gasteiger partial charge < -0.3 is 0 Å². The van der Waals surface area contributed by atoms with E-state index in [4.69, 9.17) is 17.0 Å². The van der Waals surface area contributed by atoms with Crippen molar-refractivity contribution < 1.29 is 0 Å². The van der Waals surface area contributed by atoms with Gasteiger partial charge in [-0.2, -0.15) is 4.15 Å². The predicted molar refractivity (Wildman–Crippen MR) is 311 cm³/mol. The van der Waals surface area contributed by atoms with E-state index in [2.05, 4.69) is 297 Å². The summed E-state index contributed by atoms with van der Waals surface area (Å²) in [5.41, 5.74) is 4.30. The Bertz CT molecular complexity index is 3410. The van der Waals surface area contributed by atoms with Crippen LogP contribution >= 0.6 is 20.3 Å². The van der Waals surface area contributed by atoms with Gasteiger partial charge in [-0.1, -0.05) is 255 Å². The second-order valence-corrected chi connectivity index (χ2v) is 23.0. The molecule has 0 unspecified atom stereocenters. The molecule has 0 aliphatic heterocycles. The fourth-order valence-corrected chi connectivity index (χ4v) is 16.9. The van der Waals surface area contributed by atoms with Crippen molar-refractivity contribution in [2.45, 2.75) is 11.1 Å². The Balaban J connectivity index is 1.52. The number of fused-ring (bicyclic) bond motifs is 6. The maximum absolute atomic E-state index is 5.77. The van der Waals surface area contributed by atoms with Crippen LogP contribution in [0, 0.1) is 0 Å². The molecule has 0 atom stereocenters. The van der Waals surface area contributed by atoms with Crippen LogP contribution in [0.1, 0.15) is 33.4 Å². The van der Waals surface area contributed by atoms with Crippen molar-refractivity contribution in [3.8, 4) is 0 Å². The Labute approximate surface area is 428 Å². The molecule has 0 radical (unpaired) electrons. The maximum atomic E-state index is 5.77. The number of nitrogens with zero attached hydrogens (tertiary/aromatic N) is 4. The highest BCUT2D eigenvalue weighted by Gasteiger charge is 2.63. The molecule has 0 N–H and O–H groups in total. The van der Waals surface area contributed by atoms with Crippen molar-refractivity contribution in [3.05, 3.63) is 288 Å². The highest BCUT2D eigenvalue weighted by atomic mass is 32.1. The minimum absolute atomic E-state index is 1.13. The largest absolute Gasteiger partial charge is 0.251 e. The van der Waals surface area contributed by atoms with Crippen molar-refractivity contribution in [1.29, 1.82) is 0 Å². The fraction of sp³-hybridized carbons (Fsp3) is 0.0909. The van der Waals surface area contributed by atoms with Gasteiger partial charge in [-0.25, -0.2) is 4.67 Å². The maximum Gasteiger partial charge on any atom is 0.181 e. The van der Waals surface area contributed by atoms with Crippen LogP contribution in [-0.4, -0.2) is 42.2 Å². The molecule has 12 aromatic carbocycles. The molecule has 0 spiro atoms. The van der Waals surface area contributed by atoms with Crippen LogP contribution in [0.2, 0.25) is 0 Å². The van der Waals surface area contributed by atoms with Gasteiger partial charge in [0.25, 0.3) is 0 Å². The molecule has 0 saturated carbocycles. The summed E-state index contributed by atoms with van der Waals surface area (Å²) in [5.74, 6) is 0. The van der Waals surface area contributed by atoms with Gasteiger partial charge in [0.2, 0.25) is 0 Å². The molecule has 0 amide bonds. The van der Waals surface area contributed by atoms with E-state index < -0.39 is 18.6 Å². The molecule has 0 aliphatic rings. The minimum Gasteiger partial charge on any atom is -0.251 e. The van der Waals surface area contributed by atoms with E-state index in [0.29, 0.717) is 0 Å². The Kier molecular flexibility index (Phi) is 11.7. The number of hydrogen-bond acceptors (Lipinski definition) is 1. The molecule has 12 aromatic rings. The second kappa shape index (κ2) is 18.4. The summed E-state index contributed by atoms with van der Waals surface area (Å²) in [6, 6.07) is 95.2. The zero-order valence-electron chi connectivity index (χ0n) is 40.9. The van der Waals surface area contributed by atoms with Crippen LogP contribution in [-0.2, 0) is 11.1 Å². The van der Waals surface area contributed by atoms with Crippen LogP contribution in [0.3, 0.4) is 0 Å². The summed E-state index contributed by atoms with van der Waals surface area (Å²) in [5, 5.41) is 13.7. The minimum atomic E-state index is -3.45. The van der Waals surface area contributed by atoms with Crippen LogP contribution in [0.25, 0.3) is 64.6 Å². The normalized spacial score (nSPS) is 12.6. The lowest BCUT2D eigenvalue weighted by Gasteiger charge is -2.62. The molecule has 72 heavy (non-hydrogen) atoms. The molecule has 12 rings (SSSR count). The van der Waals surface area contributed by atoms with E-state index in [1.165, 1.54) is 0 Å². The Hall–Kier alpha value is -7.34. The van der Waals surface area contributed by atoms with Crippen molar-refractivity contribution in [2.24, 2.45) is 4.15 Å². The molecule has 0 aliphatic carbocycles. The smallest absolute Gasteiger partial charge is 0.181 e. The summed E-state index contributed by atoms with van der Waals surface area (Å²) >= 11 is 5.45. The number of rotatable bonds is 11. The summed E-state index contributed by atoms with van der Waals surface area (Å²) in [7, 11) is 5.39.